The van der Waals surface area contributed by atoms with Crippen LogP contribution in [0.4, 0.5) is 11.6 Å². The Morgan fingerprint density at radius 2 is 1.35 bits per heavy atom. The molecule has 1 aliphatic heterocycles. The first-order chi connectivity index (χ1) is 23.0. The van der Waals surface area contributed by atoms with Gasteiger partial charge in [-0.2, -0.15) is 0 Å². The van der Waals surface area contributed by atoms with Crippen LogP contribution < -0.4 is 26.3 Å². The Hall–Kier alpha value is -4.33. The molecule has 1 aliphatic rings. The summed E-state index contributed by atoms with van der Waals surface area (Å²) in [6.45, 7) is 2.76. The van der Waals surface area contributed by atoms with E-state index >= 15 is 0 Å². The second-order valence-electron chi connectivity index (χ2n) is 11.5. The van der Waals surface area contributed by atoms with Gasteiger partial charge in [0.2, 0.25) is 0 Å². The Morgan fingerprint density at radius 1 is 0.854 bits per heavy atom. The summed E-state index contributed by atoms with van der Waals surface area (Å²) in [5.74, 6) is -1.57. The van der Waals surface area contributed by atoms with E-state index in [9.17, 15) is 14.4 Å². The first-order valence-corrected chi connectivity index (χ1v) is 16.6. The minimum Gasteiger partial charge on any atom is -0.482 e. The van der Waals surface area contributed by atoms with Crippen LogP contribution in [0, 0.1) is 0 Å². The molecule has 1 unspecified atom stereocenters. The number of aliphatic carboxylic acids is 2. The maximum atomic E-state index is 13.1. The summed E-state index contributed by atoms with van der Waals surface area (Å²) < 4.78 is 11.3. The van der Waals surface area contributed by atoms with Crippen molar-refractivity contribution in [3.8, 4) is 11.5 Å². The number of nitrogens with zero attached hydrogens (tertiary/aromatic N) is 3. The van der Waals surface area contributed by atoms with E-state index in [1.165, 1.54) is 6.38 Å². The molecule has 48 heavy (non-hydrogen) atoms. The summed E-state index contributed by atoms with van der Waals surface area (Å²) in [4.78, 5) is 42.7. The number of rotatable bonds is 16. The monoisotopic (exact) mass is 705 g/mol. The van der Waals surface area contributed by atoms with Gasteiger partial charge in [-0.15, -0.1) is 11.6 Å². The number of hydrogen-bond donors (Lipinski definition) is 5. The standard InChI is InChI=1S/C32H39ClN6O7.CH3Cl/c33-29-31(35)38-30(34)28(37-29)32(44)36-23-6-3-17-39(18-23,15-1-4-21-7-11-24(12-8-21)45-19-26(40)41)16-2-5-22-9-13-25(14-10-22)46-20-27(42)43;1-2/h7-14,23H,1-6,15-20H2,(H6-,34,35,36,38,40,41,42,43,44);1H3/p+1. The van der Waals surface area contributed by atoms with Crippen LogP contribution in [0.5, 0.6) is 11.5 Å². The number of carboxylic acids is 2. The van der Waals surface area contributed by atoms with Crippen molar-refractivity contribution < 1.29 is 38.6 Å². The van der Waals surface area contributed by atoms with Crippen LogP contribution in [0.15, 0.2) is 48.5 Å². The molecule has 1 atom stereocenters. The van der Waals surface area contributed by atoms with Crippen molar-refractivity contribution in [3.05, 3.63) is 70.5 Å². The molecule has 15 heteroatoms. The average molecular weight is 707 g/mol. The molecule has 0 saturated carbocycles. The first kappa shape index (κ1) is 38.1. The van der Waals surface area contributed by atoms with Crippen LogP contribution in [0.25, 0.3) is 0 Å². The van der Waals surface area contributed by atoms with Crippen molar-refractivity contribution in [2.24, 2.45) is 0 Å². The van der Waals surface area contributed by atoms with Gasteiger partial charge in [-0.25, -0.2) is 19.6 Å². The molecule has 1 fully saturated rings. The van der Waals surface area contributed by atoms with Gasteiger partial charge in [-0.3, -0.25) is 4.79 Å². The number of carbonyl (C=O) groups excluding carboxylic acids is 1. The van der Waals surface area contributed by atoms with Crippen LogP contribution >= 0.6 is 23.2 Å². The van der Waals surface area contributed by atoms with Gasteiger partial charge in [-0.1, -0.05) is 35.9 Å². The number of ether oxygens (including phenoxy) is 2. The molecule has 0 aliphatic carbocycles. The normalized spacial score (nSPS) is 15.0. The second-order valence-corrected chi connectivity index (χ2v) is 11.9. The Labute approximate surface area is 289 Å². The Balaban J connectivity index is 0.00000307. The van der Waals surface area contributed by atoms with E-state index in [0.29, 0.717) is 11.5 Å². The zero-order chi connectivity index (χ0) is 35.1. The fourth-order valence-electron chi connectivity index (χ4n) is 5.85. The highest BCUT2D eigenvalue weighted by molar-refractivity contribution is 6.31. The molecule has 13 nitrogen and oxygen atoms in total. The van der Waals surface area contributed by atoms with Crippen LogP contribution in [-0.2, 0) is 22.4 Å². The number of alkyl halides is 1. The fourth-order valence-corrected chi connectivity index (χ4v) is 5.98. The van der Waals surface area contributed by atoms with Crippen LogP contribution in [0.3, 0.4) is 0 Å². The maximum absolute atomic E-state index is 13.1. The Kier molecular flexibility index (Phi) is 15.0. The van der Waals surface area contributed by atoms with Gasteiger partial charge in [0, 0.05) is 19.2 Å². The minimum atomic E-state index is -1.02. The summed E-state index contributed by atoms with van der Waals surface area (Å²) in [6.07, 6.45) is 6.72. The number of carbonyl (C=O) groups is 3. The number of anilines is 2. The largest absolute Gasteiger partial charge is 0.482 e. The lowest BCUT2D eigenvalue weighted by molar-refractivity contribution is -0.933. The number of benzene rings is 2. The molecule has 0 bridgehead atoms. The number of aryl methyl sites for hydroxylation is 2. The number of amides is 1. The van der Waals surface area contributed by atoms with E-state index in [2.05, 4.69) is 26.9 Å². The lowest BCUT2D eigenvalue weighted by atomic mass is 9.99. The number of aromatic nitrogens is 2. The third-order valence-corrected chi connectivity index (χ3v) is 8.29. The molecule has 7 N–H and O–H groups in total. The number of carboxylic acid groups (broad SMARTS) is 2. The molecule has 4 rings (SSSR count). The number of nitrogen functional groups attached to an aromatic ring is 2. The third-order valence-electron chi connectivity index (χ3n) is 8.02. The SMILES string of the molecule is CCl.Nc1nc(N)c(C(=O)NC2CCC[N+](CCCc3ccc(OCC(=O)O)cc3)(CCCc3ccc(OCC(=O)O)cc3)C2)nc1Cl. The van der Waals surface area contributed by atoms with Crippen molar-refractivity contribution in [2.75, 3.05) is 57.2 Å². The number of quaternary nitrogens is 1. The van der Waals surface area contributed by atoms with Crippen molar-refractivity contribution in [1.29, 1.82) is 0 Å². The summed E-state index contributed by atoms with van der Waals surface area (Å²) >= 11 is 10.6. The predicted molar refractivity (Wildman–Crippen MR) is 184 cm³/mol. The third kappa shape index (κ3) is 12.0. The first-order valence-electron chi connectivity index (χ1n) is 15.5. The fraction of sp³-hybridized carbons (Fsp3) is 0.424. The van der Waals surface area contributed by atoms with Crippen molar-refractivity contribution in [3.63, 3.8) is 0 Å². The van der Waals surface area contributed by atoms with E-state index < -0.39 is 17.8 Å². The second kappa shape index (κ2) is 18.9. The molecule has 1 aromatic heterocycles. The average Bonchev–Trinajstić information content (AvgIpc) is 3.06. The van der Waals surface area contributed by atoms with Gasteiger partial charge in [0.25, 0.3) is 5.91 Å². The summed E-state index contributed by atoms with van der Waals surface area (Å²) in [5.41, 5.74) is 13.8. The molecule has 1 saturated heterocycles. The van der Waals surface area contributed by atoms with Gasteiger partial charge < -0.3 is 41.0 Å². The predicted octanol–water partition coefficient (Wildman–Crippen LogP) is 4.05. The van der Waals surface area contributed by atoms with Gasteiger partial charge in [0.15, 0.2) is 35.7 Å². The molecule has 3 aromatic rings. The van der Waals surface area contributed by atoms with Crippen molar-refractivity contribution in [1.82, 2.24) is 15.3 Å². The molecule has 2 aromatic carbocycles. The highest BCUT2D eigenvalue weighted by atomic mass is 35.5. The minimum absolute atomic E-state index is 0.0334. The van der Waals surface area contributed by atoms with Crippen molar-refractivity contribution >= 4 is 52.7 Å². The number of piperidine rings is 1. The molecule has 1 amide bonds. The van der Waals surface area contributed by atoms with E-state index in [1.54, 1.807) is 24.3 Å². The van der Waals surface area contributed by atoms with Crippen molar-refractivity contribution in [2.45, 2.75) is 44.6 Å². The summed E-state index contributed by atoms with van der Waals surface area (Å²) in [7, 11) is 0. The number of nitrogens with two attached hydrogens (primary N) is 2. The molecule has 0 radical (unpaired) electrons. The Morgan fingerprint density at radius 3 is 1.83 bits per heavy atom. The lowest BCUT2D eigenvalue weighted by Crippen LogP contribution is -2.60. The Bertz CT molecular complexity index is 1440. The lowest BCUT2D eigenvalue weighted by Gasteiger charge is -2.45. The topological polar surface area (TPSA) is 200 Å². The molecule has 2 heterocycles. The molecule has 0 spiro atoms. The smallest absolute Gasteiger partial charge is 0.341 e. The molecular weight excluding hydrogens is 663 g/mol. The van der Waals surface area contributed by atoms with Gasteiger partial charge in [-0.05, 0) is 61.1 Å². The number of hydrogen-bond acceptors (Lipinski definition) is 9. The van der Waals surface area contributed by atoms with Gasteiger partial charge in [0.1, 0.15) is 11.5 Å². The van der Waals surface area contributed by atoms with Crippen LogP contribution in [0.1, 0.15) is 47.3 Å². The van der Waals surface area contributed by atoms with Gasteiger partial charge in [0.05, 0.1) is 32.2 Å². The van der Waals surface area contributed by atoms with E-state index in [0.717, 1.165) is 80.3 Å². The zero-order valence-corrected chi connectivity index (χ0v) is 28.4. The van der Waals surface area contributed by atoms with Crippen LogP contribution in [-0.4, -0.2) is 94.3 Å². The highest BCUT2D eigenvalue weighted by Crippen LogP contribution is 2.25. The molecule has 260 valence electrons. The van der Waals surface area contributed by atoms with E-state index in [4.69, 9.17) is 42.8 Å². The quantitative estimate of drug-likeness (QED) is 0.106. The van der Waals surface area contributed by atoms with E-state index in [-0.39, 0.29) is 41.7 Å². The van der Waals surface area contributed by atoms with Gasteiger partial charge >= 0.3 is 11.9 Å². The highest BCUT2D eigenvalue weighted by Gasteiger charge is 2.35. The van der Waals surface area contributed by atoms with E-state index in [1.807, 2.05) is 24.3 Å². The maximum Gasteiger partial charge on any atom is 0.341 e. The zero-order valence-electron chi connectivity index (χ0n) is 26.9. The van der Waals surface area contributed by atoms with Crippen LogP contribution in [0.2, 0.25) is 5.15 Å². The number of nitrogens with one attached hydrogen (secondary N) is 1. The number of halogens is 2. The summed E-state index contributed by atoms with van der Waals surface area (Å²) in [6, 6.07) is 14.8. The number of likely N-dealkylation sites (tertiary alicyclic amines) is 1. The summed E-state index contributed by atoms with van der Waals surface area (Å²) in [5, 5.41) is 20.7. The molecular formula is C33H43Cl2N6O7+.